The number of nitrogens with zero attached hydrogens (tertiary/aromatic N) is 4. The van der Waals surface area contributed by atoms with Crippen LogP contribution in [-0.2, 0) is 11.3 Å². The maximum atomic E-state index is 13.0. The van der Waals surface area contributed by atoms with Crippen molar-refractivity contribution in [2.75, 3.05) is 13.1 Å². The average molecular weight is 415 g/mol. The molecule has 0 aliphatic heterocycles. The Bertz CT molecular complexity index is 1040. The van der Waals surface area contributed by atoms with Crippen molar-refractivity contribution < 1.29 is 14.7 Å². The van der Waals surface area contributed by atoms with Crippen molar-refractivity contribution in [3.8, 4) is 5.88 Å². The normalized spacial score (nSPS) is 14.0. The number of rotatable bonds is 8. The molecule has 2 aromatic heterocycles. The third-order valence-corrected chi connectivity index (χ3v) is 5.08. The molecule has 30 heavy (non-hydrogen) atoms. The van der Waals surface area contributed by atoms with Crippen LogP contribution in [0.25, 0.3) is 11.7 Å². The maximum absolute atomic E-state index is 13.0. The highest BCUT2D eigenvalue weighted by Gasteiger charge is 2.29. The van der Waals surface area contributed by atoms with Gasteiger partial charge in [-0.2, -0.15) is 9.61 Å². The number of amides is 2. The lowest BCUT2D eigenvalue weighted by Gasteiger charge is -2.17. The van der Waals surface area contributed by atoms with Crippen LogP contribution in [0.3, 0.4) is 0 Å². The molecule has 1 saturated carbocycles. The summed E-state index contributed by atoms with van der Waals surface area (Å²) in [5, 5.41) is 17.8. The lowest BCUT2D eigenvalue weighted by atomic mass is 10.2. The zero-order valence-corrected chi connectivity index (χ0v) is 17.9. The van der Waals surface area contributed by atoms with Crippen molar-refractivity contribution in [3.63, 3.8) is 0 Å². The van der Waals surface area contributed by atoms with Crippen LogP contribution < -0.4 is 10.9 Å². The van der Waals surface area contributed by atoms with E-state index >= 15 is 0 Å². The van der Waals surface area contributed by atoms with E-state index in [1.165, 1.54) is 16.8 Å². The second kappa shape index (κ2) is 8.73. The van der Waals surface area contributed by atoms with Gasteiger partial charge in [-0.15, -0.1) is 0 Å². The lowest BCUT2D eigenvalue weighted by Crippen LogP contribution is -2.34. The summed E-state index contributed by atoms with van der Waals surface area (Å²) in [6.45, 7) is 9.28. The first kappa shape index (κ1) is 21.6. The number of hydrogen-bond donors (Lipinski definition) is 2. The molecule has 0 saturated heterocycles. The fourth-order valence-electron chi connectivity index (χ4n) is 3.35. The van der Waals surface area contributed by atoms with Crippen molar-refractivity contribution in [2.45, 2.75) is 53.1 Å². The number of aromatic hydroxyl groups is 1. The minimum atomic E-state index is -0.685. The topological polar surface area (TPSA) is 109 Å². The molecule has 162 valence electrons. The van der Waals surface area contributed by atoms with E-state index in [1.807, 2.05) is 27.7 Å². The number of carbonyl (C=O) groups is 2. The van der Waals surface area contributed by atoms with Gasteiger partial charge in [-0.3, -0.25) is 19.0 Å². The average Bonchev–Trinajstić information content (AvgIpc) is 3.40. The largest absolute Gasteiger partial charge is 0.494 e. The standard InChI is InChI=1S/C21H29N5O4/c1-5-24(6-2)16(27)10-7-14-11-22-26-19(14)25(12-13(3)4)20(29)17(21(26)30)18(28)23-15-8-9-15/h7,10-11,13,15,29H,5-6,8-9,12H2,1-4H3,(H,23,28). The Labute approximate surface area is 175 Å². The summed E-state index contributed by atoms with van der Waals surface area (Å²) in [6, 6.07) is 0.0488. The third-order valence-electron chi connectivity index (χ3n) is 5.08. The summed E-state index contributed by atoms with van der Waals surface area (Å²) in [5.74, 6) is -0.999. The fraction of sp³-hybridized carbons (Fsp3) is 0.524. The molecule has 2 aromatic rings. The highest BCUT2D eigenvalue weighted by molar-refractivity contribution is 5.97. The van der Waals surface area contributed by atoms with Crippen LogP contribution in [0, 0.1) is 5.92 Å². The van der Waals surface area contributed by atoms with E-state index in [0.29, 0.717) is 30.8 Å². The van der Waals surface area contributed by atoms with E-state index in [2.05, 4.69) is 10.4 Å². The van der Waals surface area contributed by atoms with Crippen molar-refractivity contribution >= 4 is 23.5 Å². The predicted octanol–water partition coefficient (Wildman–Crippen LogP) is 1.63. The number of carbonyl (C=O) groups excluding carboxylic acids is 2. The van der Waals surface area contributed by atoms with Crippen LogP contribution in [0.2, 0.25) is 0 Å². The zero-order valence-electron chi connectivity index (χ0n) is 17.9. The molecule has 9 heteroatoms. The van der Waals surface area contributed by atoms with Gasteiger partial charge in [-0.25, -0.2) is 0 Å². The Morgan fingerprint density at radius 3 is 2.57 bits per heavy atom. The molecule has 0 radical (unpaired) electrons. The van der Waals surface area contributed by atoms with Gasteiger partial charge in [0.05, 0.1) is 6.20 Å². The van der Waals surface area contributed by atoms with E-state index < -0.39 is 11.5 Å². The first-order valence-corrected chi connectivity index (χ1v) is 10.4. The Hall–Kier alpha value is -3.10. The molecular weight excluding hydrogens is 386 g/mol. The first-order chi connectivity index (χ1) is 14.3. The van der Waals surface area contributed by atoms with Crippen molar-refractivity contribution in [1.29, 1.82) is 0 Å². The Morgan fingerprint density at radius 1 is 1.33 bits per heavy atom. The van der Waals surface area contributed by atoms with Crippen molar-refractivity contribution in [1.82, 2.24) is 24.4 Å². The SMILES string of the molecule is CCN(CC)C(=O)C=Cc1cnn2c(=O)c(C(=O)NC3CC3)c(O)n(CC(C)C)c12. The molecule has 3 rings (SSSR count). The molecule has 0 spiro atoms. The molecule has 2 heterocycles. The van der Waals surface area contributed by atoms with Crippen LogP contribution in [-0.4, -0.2) is 55.1 Å². The zero-order chi connectivity index (χ0) is 22.0. The number of aromatic nitrogens is 3. The van der Waals surface area contributed by atoms with Crippen molar-refractivity contribution in [3.05, 3.63) is 33.8 Å². The number of nitrogens with one attached hydrogen (secondary N) is 1. The Kier molecular flexibility index (Phi) is 6.28. The van der Waals surface area contributed by atoms with Crippen LogP contribution in [0.4, 0.5) is 0 Å². The second-order valence-electron chi connectivity index (χ2n) is 7.94. The van der Waals surface area contributed by atoms with Crippen LogP contribution in [0.5, 0.6) is 5.88 Å². The van der Waals surface area contributed by atoms with Crippen LogP contribution >= 0.6 is 0 Å². The molecular formula is C21H29N5O4. The smallest absolute Gasteiger partial charge is 0.291 e. The highest BCUT2D eigenvalue weighted by Crippen LogP contribution is 2.24. The molecule has 1 aliphatic carbocycles. The van der Waals surface area contributed by atoms with Crippen LogP contribution in [0.15, 0.2) is 17.1 Å². The molecule has 0 bridgehead atoms. The van der Waals surface area contributed by atoms with E-state index in [9.17, 15) is 19.5 Å². The van der Waals surface area contributed by atoms with Crippen molar-refractivity contribution in [2.24, 2.45) is 5.92 Å². The number of fused-ring (bicyclic) bond motifs is 1. The minimum absolute atomic E-state index is 0.0488. The second-order valence-corrected chi connectivity index (χ2v) is 7.94. The highest BCUT2D eigenvalue weighted by atomic mass is 16.3. The summed E-state index contributed by atoms with van der Waals surface area (Å²) >= 11 is 0. The summed E-state index contributed by atoms with van der Waals surface area (Å²) in [5.41, 5.74) is -0.140. The summed E-state index contributed by atoms with van der Waals surface area (Å²) < 4.78 is 2.63. The molecule has 2 N–H and O–H groups in total. The molecule has 2 amide bonds. The van der Waals surface area contributed by atoms with E-state index in [0.717, 1.165) is 17.4 Å². The summed E-state index contributed by atoms with van der Waals surface area (Å²) in [6.07, 6.45) is 6.21. The number of hydrogen-bond acceptors (Lipinski definition) is 5. The van der Waals surface area contributed by atoms with E-state index in [-0.39, 0.29) is 29.3 Å². The summed E-state index contributed by atoms with van der Waals surface area (Å²) in [7, 11) is 0. The predicted molar refractivity (Wildman–Crippen MR) is 113 cm³/mol. The van der Waals surface area contributed by atoms with Gasteiger partial charge >= 0.3 is 0 Å². The molecule has 1 fully saturated rings. The van der Waals surface area contributed by atoms with Gasteiger partial charge in [0.15, 0.2) is 5.56 Å². The summed E-state index contributed by atoms with van der Waals surface area (Å²) in [4.78, 5) is 39.5. The molecule has 9 nitrogen and oxygen atoms in total. The molecule has 0 atom stereocenters. The van der Waals surface area contributed by atoms with Crippen LogP contribution in [0.1, 0.15) is 56.5 Å². The molecule has 0 aromatic carbocycles. The third kappa shape index (κ3) is 4.24. The molecule has 1 aliphatic rings. The van der Waals surface area contributed by atoms with E-state index in [1.54, 1.807) is 11.0 Å². The van der Waals surface area contributed by atoms with Gasteiger partial charge < -0.3 is 15.3 Å². The van der Waals surface area contributed by atoms with Gasteiger partial charge in [0.2, 0.25) is 11.8 Å². The quantitative estimate of drug-likeness (QED) is 0.637. The Morgan fingerprint density at radius 2 is 2.00 bits per heavy atom. The lowest BCUT2D eigenvalue weighted by molar-refractivity contribution is -0.125. The maximum Gasteiger partial charge on any atom is 0.291 e. The van der Waals surface area contributed by atoms with E-state index in [4.69, 9.17) is 0 Å². The first-order valence-electron chi connectivity index (χ1n) is 10.4. The Balaban J connectivity index is 2.12. The minimum Gasteiger partial charge on any atom is -0.494 e. The van der Waals surface area contributed by atoms with Gasteiger partial charge in [-0.05, 0) is 38.7 Å². The van der Waals surface area contributed by atoms with Gasteiger partial charge in [0.1, 0.15) is 5.65 Å². The fourth-order valence-corrected chi connectivity index (χ4v) is 3.35. The molecule has 0 unspecified atom stereocenters. The van der Waals surface area contributed by atoms with Gasteiger partial charge in [-0.1, -0.05) is 13.8 Å². The van der Waals surface area contributed by atoms with Gasteiger partial charge in [0.25, 0.3) is 11.5 Å². The monoisotopic (exact) mass is 415 g/mol. The van der Waals surface area contributed by atoms with Gasteiger partial charge in [0, 0.05) is 37.3 Å². The number of likely N-dealkylation sites (N-methyl/N-ethyl adjacent to an activating group) is 1.